The number of aryl methyl sites for hydroxylation is 1. The van der Waals surface area contributed by atoms with E-state index in [1.54, 1.807) is 7.05 Å². The summed E-state index contributed by atoms with van der Waals surface area (Å²) < 4.78 is 28.6. The summed E-state index contributed by atoms with van der Waals surface area (Å²) in [5.41, 5.74) is 4.09. The molecule has 0 radical (unpaired) electrons. The minimum atomic E-state index is -3.02. The van der Waals surface area contributed by atoms with Crippen LogP contribution in [0.1, 0.15) is 35.6 Å². The highest BCUT2D eigenvalue weighted by Crippen LogP contribution is 2.20. The van der Waals surface area contributed by atoms with Crippen molar-refractivity contribution in [2.75, 3.05) is 19.9 Å². The molecule has 0 saturated heterocycles. The van der Waals surface area contributed by atoms with Gasteiger partial charge in [-0.3, -0.25) is 4.99 Å². The molecule has 0 amide bonds. The Kier molecular flexibility index (Phi) is 11.2. The molecule has 2 aromatic rings. The first-order valence-corrected chi connectivity index (χ1v) is 11.8. The molecule has 8 heteroatoms. The Morgan fingerprint density at radius 1 is 1.03 bits per heavy atom. The van der Waals surface area contributed by atoms with Crippen molar-refractivity contribution in [1.82, 2.24) is 10.6 Å². The monoisotopic (exact) mass is 545 g/mol. The second-order valence-electron chi connectivity index (χ2n) is 7.13. The van der Waals surface area contributed by atoms with Gasteiger partial charge in [-0.05, 0) is 36.1 Å². The quantitative estimate of drug-likeness (QED) is 0.285. The Balaban J connectivity index is 0.00000450. The number of guanidine groups is 1. The van der Waals surface area contributed by atoms with E-state index in [0.717, 1.165) is 28.9 Å². The number of nitrogens with zero attached hydrogens (tertiary/aromatic N) is 1. The molecular weight excluding hydrogens is 513 g/mol. The van der Waals surface area contributed by atoms with E-state index in [0.29, 0.717) is 25.7 Å². The summed E-state index contributed by atoms with van der Waals surface area (Å²) in [6, 6.07) is 13.7. The lowest BCUT2D eigenvalue weighted by Crippen LogP contribution is -2.36. The van der Waals surface area contributed by atoms with Gasteiger partial charge < -0.3 is 15.4 Å². The minimum Gasteiger partial charge on any atom is -0.493 e. The molecule has 2 N–H and O–H groups in total. The zero-order chi connectivity index (χ0) is 21.3. The highest BCUT2D eigenvalue weighted by molar-refractivity contribution is 14.0. The van der Waals surface area contributed by atoms with Gasteiger partial charge in [0.2, 0.25) is 0 Å². The molecule has 0 unspecified atom stereocenters. The van der Waals surface area contributed by atoms with E-state index in [2.05, 4.69) is 47.7 Å². The molecule has 0 fully saturated rings. The van der Waals surface area contributed by atoms with Crippen LogP contribution in [0.3, 0.4) is 0 Å². The van der Waals surface area contributed by atoms with E-state index >= 15 is 0 Å². The van der Waals surface area contributed by atoms with Gasteiger partial charge in [0.15, 0.2) is 15.8 Å². The van der Waals surface area contributed by atoms with Crippen LogP contribution in [0, 0.1) is 6.92 Å². The SMILES string of the molecule is CCCOc1cc(C)ccc1CNC(=NC)NCc1ccc(CS(C)(=O)=O)cc1.I. The van der Waals surface area contributed by atoms with Crippen molar-refractivity contribution < 1.29 is 13.2 Å². The van der Waals surface area contributed by atoms with Crippen LogP contribution in [0.2, 0.25) is 0 Å². The summed E-state index contributed by atoms with van der Waals surface area (Å²) in [5.74, 6) is 1.65. The summed E-state index contributed by atoms with van der Waals surface area (Å²) in [5, 5.41) is 6.59. The first-order chi connectivity index (χ1) is 13.8. The molecule has 0 aliphatic rings. The van der Waals surface area contributed by atoms with Crippen LogP contribution in [0.25, 0.3) is 0 Å². The lowest BCUT2D eigenvalue weighted by Gasteiger charge is -2.15. The van der Waals surface area contributed by atoms with E-state index in [4.69, 9.17) is 4.74 Å². The third kappa shape index (κ3) is 9.34. The van der Waals surface area contributed by atoms with Gasteiger partial charge in [-0.2, -0.15) is 0 Å². The third-order valence-corrected chi connectivity index (χ3v) is 5.12. The van der Waals surface area contributed by atoms with Crippen molar-refractivity contribution in [2.45, 2.75) is 39.1 Å². The van der Waals surface area contributed by atoms with Gasteiger partial charge in [0, 0.05) is 32.0 Å². The normalized spacial score (nSPS) is 11.5. The maximum atomic E-state index is 11.4. The van der Waals surface area contributed by atoms with Crippen molar-refractivity contribution in [3.63, 3.8) is 0 Å². The van der Waals surface area contributed by atoms with Gasteiger partial charge in [-0.25, -0.2) is 8.42 Å². The predicted molar refractivity (Wildman–Crippen MR) is 134 cm³/mol. The Morgan fingerprint density at radius 3 is 2.27 bits per heavy atom. The molecule has 6 nitrogen and oxygen atoms in total. The summed E-state index contributed by atoms with van der Waals surface area (Å²) in [6.07, 6.45) is 2.21. The lowest BCUT2D eigenvalue weighted by atomic mass is 10.1. The van der Waals surface area contributed by atoms with E-state index in [1.165, 1.54) is 11.8 Å². The number of ether oxygens (including phenoxy) is 1. The molecule has 30 heavy (non-hydrogen) atoms. The Morgan fingerprint density at radius 2 is 1.67 bits per heavy atom. The number of nitrogens with one attached hydrogen (secondary N) is 2. The number of benzene rings is 2. The molecule has 2 aromatic carbocycles. The fourth-order valence-electron chi connectivity index (χ4n) is 2.80. The Bertz CT molecular complexity index is 929. The van der Waals surface area contributed by atoms with Gasteiger partial charge >= 0.3 is 0 Å². The molecule has 0 aliphatic carbocycles. The first-order valence-electron chi connectivity index (χ1n) is 9.73. The van der Waals surface area contributed by atoms with Crippen molar-refractivity contribution in [3.8, 4) is 5.75 Å². The number of halogens is 1. The molecule has 0 atom stereocenters. The zero-order valence-electron chi connectivity index (χ0n) is 18.1. The summed E-state index contributed by atoms with van der Waals surface area (Å²) in [4.78, 5) is 4.27. The Hall–Kier alpha value is -1.81. The molecule has 0 aromatic heterocycles. The average Bonchev–Trinajstić information content (AvgIpc) is 2.67. The molecule has 0 aliphatic heterocycles. The average molecular weight is 545 g/mol. The highest BCUT2D eigenvalue weighted by atomic mass is 127. The maximum Gasteiger partial charge on any atom is 0.191 e. The minimum absolute atomic E-state index is 0. The van der Waals surface area contributed by atoms with Gasteiger partial charge in [0.05, 0.1) is 12.4 Å². The largest absolute Gasteiger partial charge is 0.493 e. The van der Waals surface area contributed by atoms with Crippen LogP contribution >= 0.6 is 24.0 Å². The smallest absolute Gasteiger partial charge is 0.191 e. The number of sulfone groups is 1. The molecule has 0 bridgehead atoms. The van der Waals surface area contributed by atoms with Gasteiger partial charge in [-0.15, -0.1) is 24.0 Å². The first kappa shape index (κ1) is 26.2. The van der Waals surface area contributed by atoms with Crippen molar-refractivity contribution in [2.24, 2.45) is 4.99 Å². The second kappa shape index (κ2) is 12.8. The van der Waals surface area contributed by atoms with Crippen LogP contribution in [-0.2, 0) is 28.7 Å². The number of rotatable bonds is 9. The van der Waals surface area contributed by atoms with Gasteiger partial charge in [-0.1, -0.05) is 43.3 Å². The van der Waals surface area contributed by atoms with Crippen LogP contribution in [-0.4, -0.2) is 34.3 Å². The van der Waals surface area contributed by atoms with Crippen molar-refractivity contribution >= 4 is 39.8 Å². The predicted octanol–water partition coefficient (Wildman–Crippen LogP) is 3.81. The number of hydrogen-bond acceptors (Lipinski definition) is 4. The van der Waals surface area contributed by atoms with Crippen LogP contribution in [0.5, 0.6) is 5.75 Å². The van der Waals surface area contributed by atoms with Crippen LogP contribution in [0.4, 0.5) is 0 Å². The van der Waals surface area contributed by atoms with Crippen LogP contribution in [0.15, 0.2) is 47.5 Å². The lowest BCUT2D eigenvalue weighted by molar-refractivity contribution is 0.313. The van der Waals surface area contributed by atoms with E-state index < -0.39 is 9.84 Å². The number of aliphatic imine (C=N–C) groups is 1. The molecule has 0 saturated carbocycles. The van der Waals surface area contributed by atoms with Crippen LogP contribution < -0.4 is 15.4 Å². The molecular formula is C22H32IN3O3S. The van der Waals surface area contributed by atoms with Gasteiger partial charge in [0.1, 0.15) is 5.75 Å². The molecule has 0 spiro atoms. The standard InChI is InChI=1S/C22H31N3O3S.HI/c1-5-12-28-21-13-17(2)6-11-20(21)15-25-22(23-3)24-14-18-7-9-19(10-8-18)16-29(4,26)27;/h6-11,13H,5,12,14-16H2,1-4H3,(H2,23,24,25);1H. The third-order valence-electron chi connectivity index (χ3n) is 4.27. The topological polar surface area (TPSA) is 79.8 Å². The Labute approximate surface area is 197 Å². The highest BCUT2D eigenvalue weighted by Gasteiger charge is 2.07. The van der Waals surface area contributed by atoms with Gasteiger partial charge in [0.25, 0.3) is 0 Å². The second-order valence-corrected chi connectivity index (χ2v) is 9.27. The zero-order valence-corrected chi connectivity index (χ0v) is 21.2. The molecule has 2 rings (SSSR count). The fourth-order valence-corrected chi connectivity index (χ4v) is 3.59. The van der Waals surface area contributed by atoms with E-state index in [-0.39, 0.29) is 29.7 Å². The number of hydrogen-bond donors (Lipinski definition) is 2. The molecule has 0 heterocycles. The summed E-state index contributed by atoms with van der Waals surface area (Å²) in [6.45, 7) is 6.03. The van der Waals surface area contributed by atoms with E-state index in [1.807, 2.05) is 24.3 Å². The van der Waals surface area contributed by atoms with E-state index in [9.17, 15) is 8.42 Å². The summed E-state index contributed by atoms with van der Waals surface area (Å²) >= 11 is 0. The molecule has 166 valence electrons. The van der Waals surface area contributed by atoms with Crippen molar-refractivity contribution in [1.29, 1.82) is 0 Å². The maximum absolute atomic E-state index is 11.4. The van der Waals surface area contributed by atoms with Crippen molar-refractivity contribution in [3.05, 3.63) is 64.7 Å². The summed E-state index contributed by atoms with van der Waals surface area (Å²) in [7, 11) is -1.29. The fraction of sp³-hybridized carbons (Fsp3) is 0.409.